The molecule has 1 unspecified atom stereocenters. The van der Waals surface area contributed by atoms with Crippen LogP contribution in [0.4, 0.5) is 4.39 Å². The summed E-state index contributed by atoms with van der Waals surface area (Å²) in [6.07, 6.45) is 0. The summed E-state index contributed by atoms with van der Waals surface area (Å²) in [5.41, 5.74) is -0.0259. The Morgan fingerprint density at radius 1 is 1.53 bits per heavy atom. The van der Waals surface area contributed by atoms with E-state index in [-0.39, 0.29) is 23.0 Å². The third-order valence-electron chi connectivity index (χ3n) is 3.10. The molecule has 1 aliphatic heterocycles. The van der Waals surface area contributed by atoms with Crippen molar-refractivity contribution >= 4 is 10.0 Å². The lowest BCUT2D eigenvalue weighted by molar-refractivity contribution is 0.0392. The van der Waals surface area contributed by atoms with Crippen LogP contribution < -0.4 is 0 Å². The monoisotopic (exact) mass is 289 g/mol. The number of morpholine rings is 1. The normalized spacial score (nSPS) is 21.5. The first-order chi connectivity index (χ1) is 8.96. The smallest absolute Gasteiger partial charge is 0.243 e. The number of nitrogens with zero attached hydrogens (tertiary/aromatic N) is 1. The highest BCUT2D eigenvalue weighted by atomic mass is 32.2. The summed E-state index contributed by atoms with van der Waals surface area (Å²) in [5, 5.41) is 9.00. The summed E-state index contributed by atoms with van der Waals surface area (Å²) in [6.45, 7) is 2.18. The number of hydrogen-bond acceptors (Lipinski definition) is 4. The van der Waals surface area contributed by atoms with Crippen LogP contribution in [0.5, 0.6) is 0 Å². The summed E-state index contributed by atoms with van der Waals surface area (Å²) < 4.78 is 44.7. The predicted octanol–water partition coefficient (Wildman–Crippen LogP) is 0.727. The van der Waals surface area contributed by atoms with Gasteiger partial charge in [-0.1, -0.05) is 0 Å². The van der Waals surface area contributed by atoms with Gasteiger partial charge < -0.3 is 9.84 Å². The average molecular weight is 289 g/mol. The van der Waals surface area contributed by atoms with E-state index >= 15 is 0 Å². The van der Waals surface area contributed by atoms with Crippen LogP contribution in [0, 0.1) is 5.82 Å². The van der Waals surface area contributed by atoms with Gasteiger partial charge in [0.1, 0.15) is 5.82 Å². The van der Waals surface area contributed by atoms with Gasteiger partial charge in [-0.3, -0.25) is 0 Å². The lowest BCUT2D eigenvalue weighted by Gasteiger charge is -2.32. The Balaban J connectivity index is 2.38. The quantitative estimate of drug-likeness (QED) is 0.890. The molecule has 0 radical (unpaired) electrons. The van der Waals surface area contributed by atoms with E-state index in [0.717, 1.165) is 6.07 Å². The maximum Gasteiger partial charge on any atom is 0.243 e. The minimum absolute atomic E-state index is 0.00769. The Kier molecular flexibility index (Phi) is 4.19. The van der Waals surface area contributed by atoms with E-state index in [1.165, 1.54) is 16.4 Å². The van der Waals surface area contributed by atoms with Crippen molar-refractivity contribution in [1.82, 2.24) is 4.31 Å². The fraction of sp³-hybridized carbons (Fsp3) is 0.500. The van der Waals surface area contributed by atoms with Crippen LogP contribution in [0.2, 0.25) is 0 Å². The van der Waals surface area contributed by atoms with E-state index in [9.17, 15) is 12.8 Å². The molecule has 1 aliphatic rings. The van der Waals surface area contributed by atoms with Gasteiger partial charge in [0.25, 0.3) is 0 Å². The van der Waals surface area contributed by atoms with Gasteiger partial charge in [-0.25, -0.2) is 12.8 Å². The Hall–Kier alpha value is -1.02. The highest BCUT2D eigenvalue weighted by Crippen LogP contribution is 2.22. The van der Waals surface area contributed by atoms with Crippen LogP contribution in [-0.4, -0.2) is 43.6 Å². The fourth-order valence-electron chi connectivity index (χ4n) is 2.04. The molecule has 0 aliphatic carbocycles. The molecule has 1 heterocycles. The summed E-state index contributed by atoms with van der Waals surface area (Å²) in [6, 6.07) is 3.18. The first-order valence-electron chi connectivity index (χ1n) is 5.95. The molecule has 1 fully saturated rings. The number of halogens is 1. The van der Waals surface area contributed by atoms with Gasteiger partial charge >= 0.3 is 0 Å². The number of aliphatic hydroxyl groups is 1. The molecule has 0 aromatic heterocycles. The Morgan fingerprint density at radius 2 is 2.26 bits per heavy atom. The largest absolute Gasteiger partial charge is 0.392 e. The van der Waals surface area contributed by atoms with Gasteiger partial charge in [0, 0.05) is 18.2 Å². The Labute approximate surface area is 111 Å². The predicted molar refractivity (Wildman–Crippen MR) is 66.5 cm³/mol. The summed E-state index contributed by atoms with van der Waals surface area (Å²) in [4.78, 5) is -0.00769. The van der Waals surface area contributed by atoms with Gasteiger partial charge in [0.05, 0.1) is 24.7 Å². The number of hydrogen-bond donors (Lipinski definition) is 1. The van der Waals surface area contributed by atoms with Gasteiger partial charge in [-0.2, -0.15) is 4.31 Å². The average Bonchev–Trinajstić information content (AvgIpc) is 2.39. The first kappa shape index (κ1) is 14.4. The van der Waals surface area contributed by atoms with Gasteiger partial charge in [0.2, 0.25) is 10.0 Å². The third-order valence-corrected chi connectivity index (χ3v) is 5.11. The van der Waals surface area contributed by atoms with E-state index in [2.05, 4.69) is 0 Å². The minimum Gasteiger partial charge on any atom is -0.392 e. The Bertz CT molecular complexity index is 561. The van der Waals surface area contributed by atoms with Crippen molar-refractivity contribution in [3.63, 3.8) is 0 Å². The molecular formula is C12H16FNO4S. The zero-order valence-corrected chi connectivity index (χ0v) is 11.4. The molecule has 1 N–H and O–H groups in total. The van der Waals surface area contributed by atoms with E-state index in [1.807, 2.05) is 0 Å². The van der Waals surface area contributed by atoms with Crippen LogP contribution in [0.15, 0.2) is 23.1 Å². The van der Waals surface area contributed by atoms with Crippen molar-refractivity contribution in [2.45, 2.75) is 24.5 Å². The second-order valence-electron chi connectivity index (χ2n) is 4.45. The molecule has 106 valence electrons. The van der Waals surface area contributed by atoms with E-state index in [0.29, 0.717) is 13.2 Å². The highest BCUT2D eigenvalue weighted by molar-refractivity contribution is 7.89. The molecule has 0 amide bonds. The molecule has 5 nitrogen and oxygen atoms in total. The second-order valence-corrected chi connectivity index (χ2v) is 6.34. The zero-order chi connectivity index (χ0) is 14.0. The molecule has 1 saturated heterocycles. The maximum atomic E-state index is 13.3. The number of benzene rings is 1. The van der Waals surface area contributed by atoms with Crippen molar-refractivity contribution < 1.29 is 22.7 Å². The number of rotatable bonds is 3. The van der Waals surface area contributed by atoms with E-state index in [1.54, 1.807) is 6.92 Å². The lowest BCUT2D eigenvalue weighted by atomic mass is 10.2. The third kappa shape index (κ3) is 2.79. The molecule has 19 heavy (non-hydrogen) atoms. The standard InChI is InChI=1S/C12H16FNO4S/c1-9-8-18-5-4-14(9)19(16,17)11-2-3-12(13)10(6-11)7-15/h2-3,6,9,15H,4-5,7-8H2,1H3. The SMILES string of the molecule is CC1COCCN1S(=O)(=O)c1ccc(F)c(CO)c1. The van der Waals surface area contributed by atoms with Crippen molar-refractivity contribution in [3.8, 4) is 0 Å². The summed E-state index contributed by atoms with van der Waals surface area (Å²) in [5.74, 6) is -0.614. The first-order valence-corrected chi connectivity index (χ1v) is 7.39. The van der Waals surface area contributed by atoms with E-state index in [4.69, 9.17) is 9.84 Å². The van der Waals surface area contributed by atoms with Crippen LogP contribution in [0.1, 0.15) is 12.5 Å². The van der Waals surface area contributed by atoms with Crippen LogP contribution in [-0.2, 0) is 21.4 Å². The molecule has 0 spiro atoms. The number of ether oxygens (including phenoxy) is 1. The lowest BCUT2D eigenvalue weighted by Crippen LogP contribution is -2.46. The molecule has 1 aromatic rings. The van der Waals surface area contributed by atoms with Gasteiger partial charge in [-0.15, -0.1) is 0 Å². The van der Waals surface area contributed by atoms with Gasteiger partial charge in [0.15, 0.2) is 0 Å². The molecule has 0 saturated carbocycles. The number of aliphatic hydroxyl groups excluding tert-OH is 1. The summed E-state index contributed by atoms with van der Waals surface area (Å²) in [7, 11) is -3.69. The Morgan fingerprint density at radius 3 is 2.89 bits per heavy atom. The molecule has 0 bridgehead atoms. The van der Waals surface area contributed by atoms with Crippen molar-refractivity contribution in [2.75, 3.05) is 19.8 Å². The van der Waals surface area contributed by atoms with Crippen LogP contribution >= 0.6 is 0 Å². The number of sulfonamides is 1. The molecular weight excluding hydrogens is 273 g/mol. The topological polar surface area (TPSA) is 66.8 Å². The minimum atomic E-state index is -3.69. The molecule has 1 atom stereocenters. The van der Waals surface area contributed by atoms with Crippen LogP contribution in [0.25, 0.3) is 0 Å². The molecule has 1 aromatic carbocycles. The zero-order valence-electron chi connectivity index (χ0n) is 10.5. The van der Waals surface area contributed by atoms with Crippen LogP contribution in [0.3, 0.4) is 0 Å². The van der Waals surface area contributed by atoms with Gasteiger partial charge in [-0.05, 0) is 25.1 Å². The maximum absolute atomic E-state index is 13.3. The fourth-order valence-corrected chi connectivity index (χ4v) is 3.69. The van der Waals surface area contributed by atoms with E-state index < -0.39 is 22.4 Å². The van der Waals surface area contributed by atoms with Crippen molar-refractivity contribution in [3.05, 3.63) is 29.6 Å². The van der Waals surface area contributed by atoms with Crippen molar-refractivity contribution in [2.24, 2.45) is 0 Å². The highest BCUT2D eigenvalue weighted by Gasteiger charge is 2.31. The molecule has 7 heteroatoms. The van der Waals surface area contributed by atoms with Crippen molar-refractivity contribution in [1.29, 1.82) is 0 Å². The second kappa shape index (κ2) is 5.54. The molecule has 2 rings (SSSR count). The summed E-state index contributed by atoms with van der Waals surface area (Å²) >= 11 is 0.